The maximum atomic E-state index is 12.6. The topological polar surface area (TPSA) is 75.2 Å². The molecule has 164 valence electrons. The van der Waals surface area contributed by atoms with E-state index in [9.17, 15) is 9.59 Å². The smallest absolute Gasteiger partial charge is 0.265 e. The average Bonchev–Trinajstić information content (AvgIpc) is 3.37. The molecule has 0 unspecified atom stereocenters. The Morgan fingerprint density at radius 3 is 2.65 bits per heavy atom. The largest absolute Gasteiger partial charge is 0.454 e. The van der Waals surface area contributed by atoms with Crippen molar-refractivity contribution in [3.63, 3.8) is 0 Å². The molecule has 1 aromatic heterocycles. The minimum absolute atomic E-state index is 0.00118. The highest BCUT2D eigenvalue weighted by Gasteiger charge is 2.22. The molecule has 0 aliphatic carbocycles. The Bertz CT molecular complexity index is 1010. The molecular weight excluding hydrogens is 416 g/mol. The normalized spacial score (nSPS) is 16.2. The van der Waals surface area contributed by atoms with Crippen molar-refractivity contribution in [3.8, 4) is 11.5 Å². The highest BCUT2D eigenvalue weighted by molar-refractivity contribution is 7.13. The maximum absolute atomic E-state index is 12.6. The van der Waals surface area contributed by atoms with Crippen molar-refractivity contribution in [2.24, 2.45) is 0 Å². The van der Waals surface area contributed by atoms with Crippen LogP contribution in [0.1, 0.15) is 25.9 Å². The third-order valence-corrected chi connectivity index (χ3v) is 6.43. The standard InChI is InChI=1S/C22H26N4O4S/c1-15-21(22(28)24(2)3)31-19(23-15)13-25-8-10-26(11-9-25)20(27)7-5-16-4-6-17-18(12-16)30-14-29-17/h4-7,12H,8-11,13-14H2,1-3H3/b7-5+. The van der Waals surface area contributed by atoms with Crippen LogP contribution in [0.15, 0.2) is 24.3 Å². The summed E-state index contributed by atoms with van der Waals surface area (Å²) < 4.78 is 10.7. The summed E-state index contributed by atoms with van der Waals surface area (Å²) in [7, 11) is 3.50. The number of piperazine rings is 1. The molecule has 4 rings (SSSR count). The SMILES string of the molecule is Cc1nc(CN2CCN(C(=O)/C=C/c3ccc4c(c3)OCO4)CC2)sc1C(=O)N(C)C. The molecule has 0 N–H and O–H groups in total. The van der Waals surface area contributed by atoms with E-state index >= 15 is 0 Å². The van der Waals surface area contributed by atoms with Gasteiger partial charge in [-0.25, -0.2) is 4.98 Å². The van der Waals surface area contributed by atoms with Gasteiger partial charge in [0.1, 0.15) is 9.88 Å². The predicted molar refractivity (Wildman–Crippen MR) is 118 cm³/mol. The zero-order valence-electron chi connectivity index (χ0n) is 18.0. The van der Waals surface area contributed by atoms with E-state index in [1.807, 2.05) is 30.0 Å². The Morgan fingerprint density at radius 1 is 1.16 bits per heavy atom. The molecule has 9 heteroatoms. The van der Waals surface area contributed by atoms with Gasteiger partial charge >= 0.3 is 0 Å². The molecule has 3 heterocycles. The van der Waals surface area contributed by atoms with Crippen LogP contribution in [0, 0.1) is 6.92 Å². The van der Waals surface area contributed by atoms with Crippen molar-refractivity contribution < 1.29 is 19.1 Å². The van der Waals surface area contributed by atoms with E-state index in [-0.39, 0.29) is 18.6 Å². The van der Waals surface area contributed by atoms with Gasteiger partial charge in [0.25, 0.3) is 5.91 Å². The number of amides is 2. The van der Waals surface area contributed by atoms with Crippen LogP contribution in [-0.2, 0) is 11.3 Å². The molecule has 0 bridgehead atoms. The molecular formula is C22H26N4O4S. The van der Waals surface area contributed by atoms with Gasteiger partial charge in [0.2, 0.25) is 12.7 Å². The van der Waals surface area contributed by atoms with Gasteiger partial charge < -0.3 is 19.3 Å². The van der Waals surface area contributed by atoms with Crippen LogP contribution in [0.4, 0.5) is 0 Å². The van der Waals surface area contributed by atoms with E-state index in [2.05, 4.69) is 9.88 Å². The molecule has 1 fully saturated rings. The maximum Gasteiger partial charge on any atom is 0.265 e. The van der Waals surface area contributed by atoms with Crippen LogP contribution in [0.5, 0.6) is 11.5 Å². The highest BCUT2D eigenvalue weighted by Crippen LogP contribution is 2.32. The summed E-state index contributed by atoms with van der Waals surface area (Å²) >= 11 is 1.46. The molecule has 0 spiro atoms. The van der Waals surface area contributed by atoms with Gasteiger partial charge in [-0.3, -0.25) is 14.5 Å². The zero-order chi connectivity index (χ0) is 22.0. The number of hydrogen-bond donors (Lipinski definition) is 0. The molecule has 2 aromatic rings. The van der Waals surface area contributed by atoms with Crippen molar-refractivity contribution in [2.75, 3.05) is 47.1 Å². The molecule has 1 aromatic carbocycles. The fourth-order valence-corrected chi connectivity index (χ4v) is 4.66. The molecule has 1 saturated heterocycles. The number of aryl methyl sites for hydroxylation is 1. The average molecular weight is 443 g/mol. The Labute approximate surface area is 185 Å². The first-order chi connectivity index (χ1) is 14.9. The molecule has 2 aliphatic heterocycles. The van der Waals surface area contributed by atoms with Crippen molar-refractivity contribution >= 4 is 29.2 Å². The Hall–Kier alpha value is -2.91. The first kappa shape index (κ1) is 21.3. The number of hydrogen-bond acceptors (Lipinski definition) is 7. The lowest BCUT2D eigenvalue weighted by Crippen LogP contribution is -2.47. The Kier molecular flexibility index (Phi) is 6.24. The predicted octanol–water partition coefficient (Wildman–Crippen LogP) is 2.24. The minimum Gasteiger partial charge on any atom is -0.454 e. The summed E-state index contributed by atoms with van der Waals surface area (Å²) in [6, 6.07) is 5.62. The van der Waals surface area contributed by atoms with E-state index in [0.717, 1.165) is 35.1 Å². The lowest BCUT2D eigenvalue weighted by atomic mass is 10.2. The highest BCUT2D eigenvalue weighted by atomic mass is 32.1. The van der Waals surface area contributed by atoms with Crippen LogP contribution in [0.2, 0.25) is 0 Å². The van der Waals surface area contributed by atoms with Crippen molar-refractivity contribution in [2.45, 2.75) is 13.5 Å². The lowest BCUT2D eigenvalue weighted by Gasteiger charge is -2.33. The van der Waals surface area contributed by atoms with Gasteiger partial charge in [0.05, 0.1) is 12.2 Å². The quantitative estimate of drug-likeness (QED) is 0.661. The molecule has 0 saturated carbocycles. The summed E-state index contributed by atoms with van der Waals surface area (Å²) in [5.41, 5.74) is 1.68. The van der Waals surface area contributed by atoms with Gasteiger partial charge in [0.15, 0.2) is 11.5 Å². The monoisotopic (exact) mass is 442 g/mol. The van der Waals surface area contributed by atoms with Crippen LogP contribution in [0.25, 0.3) is 6.08 Å². The second kappa shape index (κ2) is 9.07. The fraction of sp³-hybridized carbons (Fsp3) is 0.409. The zero-order valence-corrected chi connectivity index (χ0v) is 18.8. The number of carbonyl (C=O) groups is 2. The van der Waals surface area contributed by atoms with Gasteiger partial charge in [-0.2, -0.15) is 0 Å². The van der Waals surface area contributed by atoms with Crippen molar-refractivity contribution in [1.82, 2.24) is 19.7 Å². The van der Waals surface area contributed by atoms with E-state index in [1.54, 1.807) is 31.1 Å². The van der Waals surface area contributed by atoms with Crippen molar-refractivity contribution in [3.05, 3.63) is 45.4 Å². The first-order valence-corrected chi connectivity index (χ1v) is 11.0. The number of fused-ring (bicyclic) bond motifs is 1. The number of nitrogens with zero attached hydrogens (tertiary/aromatic N) is 4. The van der Waals surface area contributed by atoms with Crippen LogP contribution < -0.4 is 9.47 Å². The second-order valence-electron chi connectivity index (χ2n) is 7.77. The van der Waals surface area contributed by atoms with Gasteiger partial charge in [-0.05, 0) is 30.7 Å². The number of benzene rings is 1. The van der Waals surface area contributed by atoms with Gasteiger partial charge in [-0.1, -0.05) is 6.07 Å². The molecule has 0 radical (unpaired) electrons. The number of carbonyl (C=O) groups excluding carboxylic acids is 2. The Morgan fingerprint density at radius 2 is 1.90 bits per heavy atom. The lowest BCUT2D eigenvalue weighted by molar-refractivity contribution is -0.127. The number of ether oxygens (including phenoxy) is 2. The van der Waals surface area contributed by atoms with Crippen LogP contribution >= 0.6 is 11.3 Å². The Balaban J connectivity index is 1.29. The summed E-state index contributed by atoms with van der Waals surface area (Å²) in [5, 5.41) is 0.935. The molecule has 0 atom stereocenters. The third kappa shape index (κ3) is 4.88. The van der Waals surface area contributed by atoms with E-state index < -0.39 is 0 Å². The van der Waals surface area contributed by atoms with E-state index in [4.69, 9.17) is 9.47 Å². The number of thiazole rings is 1. The fourth-order valence-electron chi connectivity index (χ4n) is 3.53. The summed E-state index contributed by atoms with van der Waals surface area (Å²) in [5.74, 6) is 1.43. The number of aromatic nitrogens is 1. The van der Waals surface area contributed by atoms with E-state index in [1.165, 1.54) is 11.3 Å². The molecule has 2 amide bonds. The molecule has 8 nitrogen and oxygen atoms in total. The van der Waals surface area contributed by atoms with Crippen LogP contribution in [0.3, 0.4) is 0 Å². The van der Waals surface area contributed by atoms with E-state index in [0.29, 0.717) is 30.3 Å². The summed E-state index contributed by atoms with van der Waals surface area (Å²) in [4.78, 5) is 35.8. The summed E-state index contributed by atoms with van der Waals surface area (Å²) in [6.45, 7) is 5.69. The van der Waals surface area contributed by atoms with Crippen LogP contribution in [-0.4, -0.2) is 78.6 Å². The first-order valence-electron chi connectivity index (χ1n) is 10.2. The number of rotatable bonds is 5. The summed E-state index contributed by atoms with van der Waals surface area (Å²) in [6.07, 6.45) is 3.41. The van der Waals surface area contributed by atoms with Gasteiger partial charge in [0, 0.05) is 46.4 Å². The van der Waals surface area contributed by atoms with Crippen molar-refractivity contribution in [1.29, 1.82) is 0 Å². The minimum atomic E-state index is -0.00841. The van der Waals surface area contributed by atoms with Gasteiger partial charge in [-0.15, -0.1) is 11.3 Å². The molecule has 2 aliphatic rings. The molecule has 31 heavy (non-hydrogen) atoms. The third-order valence-electron chi connectivity index (χ3n) is 5.30. The second-order valence-corrected chi connectivity index (χ2v) is 8.85.